The second-order valence-corrected chi connectivity index (χ2v) is 7.30. The Morgan fingerprint density at radius 3 is 2.92 bits per heavy atom. The van der Waals surface area contributed by atoms with Gasteiger partial charge in [-0.05, 0) is 31.9 Å². The lowest BCUT2D eigenvalue weighted by molar-refractivity contribution is -0.124. The molecule has 2 aromatic rings. The van der Waals surface area contributed by atoms with Crippen LogP contribution >= 0.6 is 11.3 Å². The third-order valence-electron chi connectivity index (χ3n) is 4.66. The van der Waals surface area contributed by atoms with Gasteiger partial charge < -0.3 is 15.1 Å². The minimum Gasteiger partial charge on any atom is -0.327 e. The molecule has 134 valence electrons. The number of carbonyl (C=O) groups is 3. The average molecular weight is 370 g/mol. The molecule has 2 aliphatic heterocycles. The van der Waals surface area contributed by atoms with E-state index in [1.54, 1.807) is 29.2 Å². The monoisotopic (exact) mass is 370 g/mol. The van der Waals surface area contributed by atoms with Crippen molar-refractivity contribution in [2.75, 3.05) is 23.3 Å². The fraction of sp³-hybridized carbons (Fsp3) is 0.333. The van der Waals surface area contributed by atoms with Gasteiger partial charge >= 0.3 is 0 Å². The van der Waals surface area contributed by atoms with Crippen molar-refractivity contribution >= 4 is 39.9 Å². The van der Waals surface area contributed by atoms with Gasteiger partial charge in [-0.1, -0.05) is 12.1 Å². The molecule has 1 N–H and O–H groups in total. The third kappa shape index (κ3) is 2.86. The number of aromatic nitrogens is 1. The lowest BCUT2D eigenvalue weighted by Crippen LogP contribution is -2.47. The number of hydrogen-bond acceptors (Lipinski definition) is 5. The third-order valence-corrected chi connectivity index (χ3v) is 5.53. The van der Waals surface area contributed by atoms with Crippen molar-refractivity contribution in [3.8, 4) is 0 Å². The molecule has 0 spiro atoms. The molecule has 0 aliphatic carbocycles. The number of nitrogens with one attached hydrogen (secondary N) is 1. The van der Waals surface area contributed by atoms with Crippen LogP contribution in [-0.2, 0) is 9.59 Å². The molecule has 26 heavy (non-hydrogen) atoms. The summed E-state index contributed by atoms with van der Waals surface area (Å²) >= 11 is 1.34. The number of nitrogens with zero attached hydrogens (tertiary/aromatic N) is 3. The van der Waals surface area contributed by atoms with E-state index >= 15 is 0 Å². The van der Waals surface area contributed by atoms with Crippen LogP contribution in [0.1, 0.15) is 28.9 Å². The number of para-hydroxylation sites is 1. The van der Waals surface area contributed by atoms with Gasteiger partial charge in [-0.25, -0.2) is 4.98 Å². The minimum atomic E-state index is -0.496. The quantitative estimate of drug-likeness (QED) is 0.896. The van der Waals surface area contributed by atoms with E-state index in [9.17, 15) is 14.4 Å². The van der Waals surface area contributed by atoms with Gasteiger partial charge in [0.1, 0.15) is 12.6 Å². The second-order valence-electron chi connectivity index (χ2n) is 6.44. The first kappa shape index (κ1) is 16.7. The van der Waals surface area contributed by atoms with Crippen molar-refractivity contribution in [1.82, 2.24) is 9.88 Å². The Kier molecular flexibility index (Phi) is 4.20. The molecular formula is C18H18N4O3S. The zero-order valence-electron chi connectivity index (χ0n) is 14.3. The zero-order valence-corrected chi connectivity index (χ0v) is 15.1. The van der Waals surface area contributed by atoms with Crippen molar-refractivity contribution in [2.45, 2.75) is 25.8 Å². The Bertz CT molecular complexity index is 894. The molecule has 1 aromatic carbocycles. The maximum Gasteiger partial charge on any atom is 0.256 e. The SMILES string of the molecule is Cc1csc(NC(=O)CN2C(=O)[C@H]3CCCN3C(=O)c3ccccc32)n1. The Morgan fingerprint density at radius 2 is 2.15 bits per heavy atom. The number of anilines is 2. The molecule has 0 radical (unpaired) electrons. The molecule has 7 nitrogen and oxygen atoms in total. The highest BCUT2D eigenvalue weighted by Gasteiger charge is 2.42. The first-order valence-corrected chi connectivity index (χ1v) is 9.36. The van der Waals surface area contributed by atoms with Crippen LogP contribution in [0.2, 0.25) is 0 Å². The lowest BCUT2D eigenvalue weighted by atomic mass is 10.1. The highest BCUT2D eigenvalue weighted by Crippen LogP contribution is 2.32. The van der Waals surface area contributed by atoms with Crippen LogP contribution in [0.25, 0.3) is 0 Å². The molecular weight excluding hydrogens is 352 g/mol. The molecule has 3 amide bonds. The molecule has 0 bridgehead atoms. The van der Waals surface area contributed by atoms with Crippen molar-refractivity contribution in [2.24, 2.45) is 0 Å². The highest BCUT2D eigenvalue weighted by atomic mass is 32.1. The van der Waals surface area contributed by atoms with Crippen LogP contribution in [0.5, 0.6) is 0 Å². The molecule has 4 rings (SSSR count). The van der Waals surface area contributed by atoms with E-state index in [1.165, 1.54) is 16.2 Å². The van der Waals surface area contributed by atoms with Crippen LogP contribution < -0.4 is 10.2 Å². The van der Waals surface area contributed by atoms with Gasteiger partial charge in [-0.15, -0.1) is 11.3 Å². The number of fused-ring (bicyclic) bond motifs is 2. The minimum absolute atomic E-state index is 0.144. The van der Waals surface area contributed by atoms with Gasteiger partial charge in [-0.2, -0.15) is 0 Å². The lowest BCUT2D eigenvalue weighted by Gasteiger charge is -2.25. The standard InChI is InChI=1S/C18H18N4O3S/c1-11-10-26-18(19-11)20-15(23)9-22-13-6-3-2-5-12(13)16(24)21-8-4-7-14(21)17(22)25/h2-3,5-6,10,14H,4,7-9H2,1H3,(H,19,20,23)/t14-/m1/s1. The van der Waals surface area contributed by atoms with Gasteiger partial charge in [-0.3, -0.25) is 14.4 Å². The smallest absolute Gasteiger partial charge is 0.256 e. The summed E-state index contributed by atoms with van der Waals surface area (Å²) in [5.41, 5.74) is 1.78. The molecule has 3 heterocycles. The molecule has 2 aliphatic rings. The van der Waals surface area contributed by atoms with E-state index in [0.29, 0.717) is 29.3 Å². The molecule has 0 saturated carbocycles. The van der Waals surface area contributed by atoms with Gasteiger partial charge in [0, 0.05) is 11.9 Å². The van der Waals surface area contributed by atoms with E-state index in [0.717, 1.165) is 12.1 Å². The molecule has 1 atom stereocenters. The fourth-order valence-corrected chi connectivity index (χ4v) is 4.19. The van der Waals surface area contributed by atoms with Crippen molar-refractivity contribution in [3.05, 3.63) is 40.9 Å². The van der Waals surface area contributed by atoms with Crippen LogP contribution in [0.4, 0.5) is 10.8 Å². The molecule has 1 fully saturated rings. The topological polar surface area (TPSA) is 82.6 Å². The number of hydrogen-bond donors (Lipinski definition) is 1. The summed E-state index contributed by atoms with van der Waals surface area (Å²) in [7, 11) is 0. The number of aryl methyl sites for hydroxylation is 1. The predicted octanol–water partition coefficient (Wildman–Crippen LogP) is 2.04. The number of thiazole rings is 1. The maximum absolute atomic E-state index is 13.1. The first-order chi connectivity index (χ1) is 12.5. The molecule has 8 heteroatoms. The Hall–Kier alpha value is -2.74. The predicted molar refractivity (Wildman–Crippen MR) is 98.3 cm³/mol. The van der Waals surface area contributed by atoms with E-state index in [1.807, 2.05) is 12.3 Å². The highest BCUT2D eigenvalue weighted by molar-refractivity contribution is 7.13. The summed E-state index contributed by atoms with van der Waals surface area (Å²) in [6.07, 6.45) is 1.42. The van der Waals surface area contributed by atoms with Crippen molar-refractivity contribution < 1.29 is 14.4 Å². The Balaban J connectivity index is 1.64. The molecule has 1 saturated heterocycles. The summed E-state index contributed by atoms with van der Waals surface area (Å²) in [6, 6.07) is 6.47. The average Bonchev–Trinajstić information content (AvgIpc) is 3.26. The van der Waals surface area contributed by atoms with E-state index in [2.05, 4.69) is 10.3 Å². The second kappa shape index (κ2) is 6.53. The normalized spacial score (nSPS) is 19.2. The number of amides is 3. The summed E-state index contributed by atoms with van der Waals surface area (Å²) in [5.74, 6) is -0.678. The van der Waals surface area contributed by atoms with Crippen LogP contribution in [0.15, 0.2) is 29.6 Å². The number of carbonyl (C=O) groups excluding carboxylic acids is 3. The van der Waals surface area contributed by atoms with E-state index in [-0.39, 0.29) is 24.3 Å². The Morgan fingerprint density at radius 1 is 1.35 bits per heavy atom. The largest absolute Gasteiger partial charge is 0.327 e. The first-order valence-electron chi connectivity index (χ1n) is 8.48. The van der Waals surface area contributed by atoms with Crippen LogP contribution in [0.3, 0.4) is 0 Å². The summed E-state index contributed by atoms with van der Waals surface area (Å²) in [4.78, 5) is 45.7. The summed E-state index contributed by atoms with van der Waals surface area (Å²) in [6.45, 7) is 2.27. The summed E-state index contributed by atoms with van der Waals surface area (Å²) < 4.78 is 0. The van der Waals surface area contributed by atoms with Gasteiger partial charge in [0.15, 0.2) is 5.13 Å². The van der Waals surface area contributed by atoms with Crippen molar-refractivity contribution in [1.29, 1.82) is 0 Å². The fourth-order valence-electron chi connectivity index (χ4n) is 3.49. The maximum atomic E-state index is 13.1. The van der Waals surface area contributed by atoms with E-state index in [4.69, 9.17) is 0 Å². The zero-order chi connectivity index (χ0) is 18.3. The number of benzene rings is 1. The molecule has 1 aromatic heterocycles. The molecule has 0 unspecified atom stereocenters. The van der Waals surface area contributed by atoms with E-state index < -0.39 is 6.04 Å². The van der Waals surface area contributed by atoms with Gasteiger partial charge in [0.2, 0.25) is 11.8 Å². The van der Waals surface area contributed by atoms with Crippen LogP contribution in [-0.4, -0.2) is 46.7 Å². The summed E-state index contributed by atoms with van der Waals surface area (Å²) in [5, 5.41) is 5.07. The van der Waals surface area contributed by atoms with Gasteiger partial charge in [0.25, 0.3) is 5.91 Å². The number of rotatable bonds is 3. The van der Waals surface area contributed by atoms with Crippen molar-refractivity contribution in [3.63, 3.8) is 0 Å². The van der Waals surface area contributed by atoms with Crippen LogP contribution in [0, 0.1) is 6.92 Å². The Labute approximate surface area is 154 Å². The van der Waals surface area contributed by atoms with Gasteiger partial charge in [0.05, 0.1) is 16.9 Å².